The van der Waals surface area contributed by atoms with Gasteiger partial charge in [0.15, 0.2) is 5.65 Å². The summed E-state index contributed by atoms with van der Waals surface area (Å²) in [5.74, 6) is 0.364. The van der Waals surface area contributed by atoms with E-state index >= 15 is 0 Å². The lowest BCUT2D eigenvalue weighted by Crippen LogP contribution is -2.35. The minimum absolute atomic E-state index is 0.0171. The summed E-state index contributed by atoms with van der Waals surface area (Å²) in [6.07, 6.45) is -1.95. The van der Waals surface area contributed by atoms with Crippen molar-refractivity contribution in [1.82, 2.24) is 29.7 Å². The lowest BCUT2D eigenvalue weighted by Gasteiger charge is -2.27. The van der Waals surface area contributed by atoms with Crippen LogP contribution in [0.4, 0.5) is 19.0 Å². The molecule has 3 aromatic heterocycles. The number of piperidine rings is 2. The van der Waals surface area contributed by atoms with E-state index in [-0.39, 0.29) is 37.6 Å². The fraction of sp³-hybridized carbons (Fsp3) is 0.571. The molecule has 2 aliphatic heterocycles. The predicted octanol–water partition coefficient (Wildman–Crippen LogP) is 2.17. The average molecular weight is 474 g/mol. The summed E-state index contributed by atoms with van der Waals surface area (Å²) in [5, 5.41) is 21.3. The molecule has 0 N–H and O–H groups in total. The quantitative estimate of drug-likeness (QED) is 0.562. The molecule has 178 valence electrons. The molecule has 3 aliphatic rings. The number of rotatable bonds is 4. The highest BCUT2D eigenvalue weighted by atomic mass is 19.4. The van der Waals surface area contributed by atoms with Crippen molar-refractivity contribution < 1.29 is 22.3 Å². The van der Waals surface area contributed by atoms with Gasteiger partial charge in [0.25, 0.3) is 0 Å². The Morgan fingerprint density at radius 2 is 2.00 bits per heavy atom. The number of aromatic nitrogens is 5. The summed E-state index contributed by atoms with van der Waals surface area (Å²) in [7, 11) is 2.02. The van der Waals surface area contributed by atoms with Crippen LogP contribution in [-0.2, 0) is 5.41 Å². The Bertz CT molecular complexity index is 1290. The van der Waals surface area contributed by atoms with Crippen LogP contribution in [0.3, 0.4) is 0 Å². The van der Waals surface area contributed by atoms with Crippen LogP contribution >= 0.6 is 0 Å². The van der Waals surface area contributed by atoms with Crippen molar-refractivity contribution in [2.75, 3.05) is 38.1 Å². The fourth-order valence-corrected chi connectivity index (χ4v) is 5.48. The molecule has 0 aromatic carbocycles. The number of fused-ring (bicyclic) bond motifs is 2. The molecule has 2 saturated heterocycles. The van der Waals surface area contributed by atoms with Crippen molar-refractivity contribution in [2.24, 2.45) is 5.41 Å². The molecule has 0 amide bonds. The molecule has 10 nitrogen and oxygen atoms in total. The lowest BCUT2D eigenvalue weighted by atomic mass is 9.95. The van der Waals surface area contributed by atoms with Gasteiger partial charge in [0.2, 0.25) is 5.89 Å². The largest absolute Gasteiger partial charge is 0.446 e. The van der Waals surface area contributed by atoms with Crippen molar-refractivity contribution in [3.63, 3.8) is 0 Å². The van der Waals surface area contributed by atoms with Gasteiger partial charge in [0.05, 0.1) is 11.0 Å². The summed E-state index contributed by atoms with van der Waals surface area (Å²) >= 11 is 0. The summed E-state index contributed by atoms with van der Waals surface area (Å²) in [4.78, 5) is 7.86. The minimum Gasteiger partial charge on any atom is -0.446 e. The standard InChI is InChI=1S/C21H21F3N8O2/c1-30-6-4-14(5-7-30)33-18-29-28-17(34-18)19-9-20(19,21(22,23)24)11-31(10-19)15-3-2-13(8-25)16-26-12-27-32(15)16/h2-3,12,14H,4-7,9-11H2,1H3/t19-,20-/m0/s1. The number of pyridine rings is 1. The van der Waals surface area contributed by atoms with Gasteiger partial charge in [-0.25, -0.2) is 4.98 Å². The predicted molar refractivity (Wildman–Crippen MR) is 110 cm³/mol. The van der Waals surface area contributed by atoms with E-state index < -0.39 is 17.0 Å². The van der Waals surface area contributed by atoms with Gasteiger partial charge in [-0.15, -0.1) is 5.10 Å². The number of nitrogens with zero attached hydrogens (tertiary/aromatic N) is 8. The molecule has 13 heteroatoms. The van der Waals surface area contributed by atoms with Crippen molar-refractivity contribution >= 4 is 11.5 Å². The average Bonchev–Trinajstić information content (AvgIpc) is 3.26. The van der Waals surface area contributed by atoms with Gasteiger partial charge in [-0.3, -0.25) is 0 Å². The number of ether oxygens (including phenoxy) is 1. The van der Waals surface area contributed by atoms with E-state index in [4.69, 9.17) is 9.15 Å². The summed E-state index contributed by atoms with van der Waals surface area (Å²) in [6.45, 7) is 1.46. The molecule has 5 heterocycles. The smallest absolute Gasteiger partial charge is 0.414 e. The zero-order chi connectivity index (χ0) is 23.7. The van der Waals surface area contributed by atoms with Gasteiger partial charge >= 0.3 is 12.3 Å². The number of hydrogen-bond acceptors (Lipinski definition) is 9. The van der Waals surface area contributed by atoms with Crippen LogP contribution < -0.4 is 9.64 Å². The van der Waals surface area contributed by atoms with Gasteiger partial charge in [-0.2, -0.15) is 28.0 Å². The first-order valence-corrected chi connectivity index (χ1v) is 11.0. The normalized spacial score (nSPS) is 27.7. The third-order valence-electron chi connectivity index (χ3n) is 7.46. The first-order valence-electron chi connectivity index (χ1n) is 11.0. The van der Waals surface area contributed by atoms with E-state index in [1.807, 2.05) is 13.1 Å². The highest BCUT2D eigenvalue weighted by Crippen LogP contribution is 2.75. The molecule has 2 atom stereocenters. The Labute approximate surface area is 191 Å². The highest BCUT2D eigenvalue weighted by Gasteiger charge is 2.86. The molecular formula is C21H21F3N8O2. The van der Waals surface area contributed by atoms with Crippen LogP contribution in [0.15, 0.2) is 22.9 Å². The summed E-state index contributed by atoms with van der Waals surface area (Å²) in [6, 6.07) is 5.15. The molecule has 3 fully saturated rings. The zero-order valence-electron chi connectivity index (χ0n) is 18.3. The van der Waals surface area contributed by atoms with Crippen molar-refractivity contribution in [3.05, 3.63) is 29.9 Å². The fourth-order valence-electron chi connectivity index (χ4n) is 5.48. The van der Waals surface area contributed by atoms with Crippen LogP contribution in [0.5, 0.6) is 6.08 Å². The zero-order valence-corrected chi connectivity index (χ0v) is 18.3. The van der Waals surface area contributed by atoms with Gasteiger partial charge in [-0.1, -0.05) is 5.10 Å². The maximum Gasteiger partial charge on any atom is 0.414 e. The van der Waals surface area contributed by atoms with Crippen molar-refractivity contribution in [1.29, 1.82) is 5.26 Å². The van der Waals surface area contributed by atoms with Crippen LogP contribution in [0.25, 0.3) is 5.65 Å². The molecule has 34 heavy (non-hydrogen) atoms. The van der Waals surface area contributed by atoms with E-state index in [9.17, 15) is 18.4 Å². The highest BCUT2D eigenvalue weighted by molar-refractivity contribution is 5.62. The SMILES string of the molecule is CN1CCC(Oc2nnc([C@]34CN(c5ccc(C#N)c6ncnn56)C[C@@]3(C(F)(F)F)C4)o2)CC1. The Morgan fingerprint density at radius 3 is 2.74 bits per heavy atom. The maximum atomic E-state index is 14.4. The van der Waals surface area contributed by atoms with E-state index in [0.717, 1.165) is 25.9 Å². The van der Waals surface area contributed by atoms with E-state index in [0.29, 0.717) is 17.0 Å². The number of hydrogen-bond donors (Lipinski definition) is 0. The summed E-state index contributed by atoms with van der Waals surface area (Å²) in [5.41, 5.74) is -2.80. The molecule has 0 radical (unpaired) electrons. The van der Waals surface area contributed by atoms with Crippen LogP contribution in [0, 0.1) is 16.7 Å². The maximum absolute atomic E-state index is 14.4. The van der Waals surface area contributed by atoms with E-state index in [1.54, 1.807) is 11.0 Å². The van der Waals surface area contributed by atoms with E-state index in [2.05, 4.69) is 25.2 Å². The number of anilines is 1. The molecule has 1 saturated carbocycles. The lowest BCUT2D eigenvalue weighted by molar-refractivity contribution is -0.187. The van der Waals surface area contributed by atoms with Gasteiger partial charge in [0.1, 0.15) is 29.7 Å². The Hall–Kier alpha value is -3.40. The van der Waals surface area contributed by atoms with Crippen molar-refractivity contribution in [2.45, 2.75) is 37.0 Å². The minimum atomic E-state index is -4.47. The molecule has 1 aliphatic carbocycles. The Morgan fingerprint density at radius 1 is 1.21 bits per heavy atom. The topological polar surface area (TPSA) is 109 Å². The van der Waals surface area contributed by atoms with E-state index in [1.165, 1.54) is 16.9 Å². The number of alkyl halides is 3. The molecule has 3 aromatic rings. The number of nitriles is 1. The Kier molecular flexibility index (Phi) is 4.39. The first-order chi connectivity index (χ1) is 16.3. The second kappa shape index (κ2) is 7.05. The van der Waals surface area contributed by atoms with Gasteiger partial charge < -0.3 is 19.0 Å². The van der Waals surface area contributed by atoms with Crippen LogP contribution in [0.1, 0.15) is 30.7 Å². The van der Waals surface area contributed by atoms with Gasteiger partial charge in [0, 0.05) is 26.2 Å². The second-order valence-corrected chi connectivity index (χ2v) is 9.40. The summed E-state index contributed by atoms with van der Waals surface area (Å²) < 4.78 is 56.0. The van der Waals surface area contributed by atoms with Crippen LogP contribution in [0.2, 0.25) is 0 Å². The molecule has 6 rings (SSSR count). The molecular weight excluding hydrogens is 453 g/mol. The third-order valence-corrected chi connectivity index (χ3v) is 7.46. The molecule has 0 bridgehead atoms. The first kappa shape index (κ1) is 21.2. The molecule has 0 spiro atoms. The van der Waals surface area contributed by atoms with Crippen LogP contribution in [-0.4, -0.2) is 75.2 Å². The Balaban J connectivity index is 1.31. The number of halogens is 3. The third kappa shape index (κ3) is 2.91. The monoisotopic (exact) mass is 474 g/mol. The van der Waals surface area contributed by atoms with Crippen molar-refractivity contribution in [3.8, 4) is 12.1 Å². The second-order valence-electron chi connectivity index (χ2n) is 9.40. The molecule has 0 unspecified atom stereocenters. The van der Waals surface area contributed by atoms with Gasteiger partial charge in [-0.05, 0) is 38.4 Å². The number of likely N-dealkylation sites (tertiary alicyclic amines) is 1.